The summed E-state index contributed by atoms with van der Waals surface area (Å²) in [6, 6.07) is 3.99. The third kappa shape index (κ3) is 1.58. The monoisotopic (exact) mass is 388 g/mol. The lowest BCUT2D eigenvalue weighted by Crippen LogP contribution is -1.75. The van der Waals surface area contributed by atoms with Crippen molar-refractivity contribution in [2.24, 2.45) is 0 Å². The van der Waals surface area contributed by atoms with E-state index < -0.39 is 0 Å². The van der Waals surface area contributed by atoms with E-state index in [4.69, 9.17) is 4.42 Å². The zero-order valence-corrected chi connectivity index (χ0v) is 11.7. The fraction of sp³-hybridized carbons (Fsp3) is 0. The van der Waals surface area contributed by atoms with E-state index in [1.807, 2.05) is 6.07 Å². The van der Waals surface area contributed by atoms with Gasteiger partial charge in [-0.15, -0.1) is 0 Å². The number of nitrogens with zero attached hydrogens (tertiary/aromatic N) is 1. The van der Waals surface area contributed by atoms with Gasteiger partial charge in [0.15, 0.2) is 0 Å². The van der Waals surface area contributed by atoms with Crippen LogP contribution in [0, 0.1) is 3.57 Å². The summed E-state index contributed by atoms with van der Waals surface area (Å²) in [5.41, 5.74) is 2.98. The molecule has 80 valence electrons. The van der Waals surface area contributed by atoms with E-state index in [2.05, 4.69) is 54.6 Å². The molecule has 0 aliphatic carbocycles. The number of aromatic nitrogens is 2. The Balaban J connectivity index is 2.32. The van der Waals surface area contributed by atoms with Crippen LogP contribution in [0.3, 0.4) is 0 Å². The number of aromatic amines is 1. The molecule has 0 amide bonds. The molecular formula is C11H6BrIN2O. The molecule has 3 rings (SSSR count). The highest BCUT2D eigenvalue weighted by atomic mass is 127. The number of nitrogens with one attached hydrogen (secondary N) is 1. The van der Waals surface area contributed by atoms with Gasteiger partial charge in [0, 0.05) is 25.2 Å². The van der Waals surface area contributed by atoms with Crippen molar-refractivity contribution in [3.8, 4) is 11.3 Å². The van der Waals surface area contributed by atoms with Gasteiger partial charge in [0.2, 0.25) is 0 Å². The van der Waals surface area contributed by atoms with Gasteiger partial charge in [0.05, 0.1) is 18.2 Å². The van der Waals surface area contributed by atoms with Crippen LogP contribution in [0.2, 0.25) is 0 Å². The molecular weight excluding hydrogens is 383 g/mol. The smallest absolute Gasteiger partial charge is 0.138 e. The molecule has 0 spiro atoms. The number of halogens is 2. The number of hydrogen-bond donors (Lipinski definition) is 1. The molecule has 0 radical (unpaired) electrons. The molecule has 3 aromatic heterocycles. The van der Waals surface area contributed by atoms with Crippen molar-refractivity contribution in [3.63, 3.8) is 0 Å². The van der Waals surface area contributed by atoms with Crippen molar-refractivity contribution < 1.29 is 4.42 Å². The Labute approximate surface area is 114 Å². The van der Waals surface area contributed by atoms with Gasteiger partial charge < -0.3 is 9.40 Å². The van der Waals surface area contributed by atoms with Crippen molar-refractivity contribution in [3.05, 3.63) is 38.9 Å². The lowest BCUT2D eigenvalue weighted by atomic mass is 10.2. The Bertz CT molecular complexity index is 645. The first kappa shape index (κ1) is 10.3. The third-order valence-electron chi connectivity index (χ3n) is 2.36. The molecule has 3 nitrogen and oxygen atoms in total. The zero-order valence-electron chi connectivity index (χ0n) is 8.00. The van der Waals surface area contributed by atoms with Crippen LogP contribution in [0.15, 0.2) is 39.7 Å². The quantitative estimate of drug-likeness (QED) is 0.635. The average Bonchev–Trinajstić information content (AvgIpc) is 2.87. The lowest BCUT2D eigenvalue weighted by Gasteiger charge is -1.92. The minimum atomic E-state index is 0.892. The maximum Gasteiger partial charge on any atom is 0.138 e. The summed E-state index contributed by atoms with van der Waals surface area (Å²) in [5.74, 6) is 0. The maximum absolute atomic E-state index is 5.09. The standard InChI is InChI=1S/C11H6BrIN2O/c12-7-3-8-9(13)10(6-1-2-16-5-6)15-11(8)14-4-7/h1-5H,(H,14,15). The first-order valence-electron chi connectivity index (χ1n) is 4.61. The second-order valence-corrected chi connectivity index (χ2v) is 5.37. The van der Waals surface area contributed by atoms with E-state index >= 15 is 0 Å². The van der Waals surface area contributed by atoms with Gasteiger partial charge in [-0.2, -0.15) is 0 Å². The Kier molecular flexibility index (Phi) is 2.51. The summed E-state index contributed by atoms with van der Waals surface area (Å²) < 4.78 is 7.23. The molecule has 0 aliphatic heterocycles. The molecule has 0 aromatic carbocycles. The molecule has 5 heteroatoms. The van der Waals surface area contributed by atoms with Gasteiger partial charge in [-0.25, -0.2) is 4.98 Å². The Morgan fingerprint density at radius 1 is 1.44 bits per heavy atom. The number of rotatable bonds is 1. The van der Waals surface area contributed by atoms with Crippen LogP contribution in [0.1, 0.15) is 0 Å². The molecule has 3 aromatic rings. The Morgan fingerprint density at radius 3 is 3.06 bits per heavy atom. The summed E-state index contributed by atoms with van der Waals surface area (Å²) in [6.45, 7) is 0. The fourth-order valence-corrected chi connectivity index (χ4v) is 2.81. The predicted molar refractivity (Wildman–Crippen MR) is 74.2 cm³/mol. The topological polar surface area (TPSA) is 41.8 Å². The van der Waals surface area contributed by atoms with Gasteiger partial charge in [-0.05, 0) is 50.7 Å². The number of fused-ring (bicyclic) bond motifs is 1. The second-order valence-electron chi connectivity index (χ2n) is 3.38. The van der Waals surface area contributed by atoms with Gasteiger partial charge in [0.25, 0.3) is 0 Å². The molecule has 16 heavy (non-hydrogen) atoms. The third-order valence-corrected chi connectivity index (χ3v) is 3.92. The van der Waals surface area contributed by atoms with Crippen LogP contribution in [0.25, 0.3) is 22.3 Å². The normalized spacial score (nSPS) is 11.1. The highest BCUT2D eigenvalue weighted by molar-refractivity contribution is 14.1. The first-order chi connectivity index (χ1) is 7.75. The SMILES string of the molecule is Brc1cnc2[nH]c(-c3ccoc3)c(I)c2c1. The minimum absolute atomic E-state index is 0.892. The van der Waals surface area contributed by atoms with E-state index in [1.54, 1.807) is 18.7 Å². The van der Waals surface area contributed by atoms with Gasteiger partial charge >= 0.3 is 0 Å². The van der Waals surface area contributed by atoms with Crippen LogP contribution in [-0.2, 0) is 0 Å². The van der Waals surface area contributed by atoms with E-state index in [9.17, 15) is 0 Å². The summed E-state index contributed by atoms with van der Waals surface area (Å²) in [5, 5.41) is 1.12. The summed E-state index contributed by atoms with van der Waals surface area (Å²) >= 11 is 5.74. The van der Waals surface area contributed by atoms with Crippen LogP contribution in [0.4, 0.5) is 0 Å². The molecule has 0 aliphatic rings. The van der Waals surface area contributed by atoms with Crippen molar-refractivity contribution in [1.82, 2.24) is 9.97 Å². The van der Waals surface area contributed by atoms with Gasteiger partial charge in [-0.3, -0.25) is 0 Å². The predicted octanol–water partition coefficient (Wildman–Crippen LogP) is 4.19. The van der Waals surface area contributed by atoms with Crippen LogP contribution in [-0.4, -0.2) is 9.97 Å². The largest absolute Gasteiger partial charge is 0.472 e. The van der Waals surface area contributed by atoms with Crippen molar-refractivity contribution in [2.45, 2.75) is 0 Å². The molecule has 0 unspecified atom stereocenters. The minimum Gasteiger partial charge on any atom is -0.472 e. The van der Waals surface area contributed by atoms with E-state index in [0.717, 1.165) is 30.3 Å². The van der Waals surface area contributed by atoms with Gasteiger partial charge in [-0.1, -0.05) is 0 Å². The van der Waals surface area contributed by atoms with Crippen molar-refractivity contribution in [1.29, 1.82) is 0 Å². The van der Waals surface area contributed by atoms with Crippen LogP contribution < -0.4 is 0 Å². The number of furan rings is 1. The van der Waals surface area contributed by atoms with Crippen molar-refractivity contribution >= 4 is 49.6 Å². The van der Waals surface area contributed by atoms with Crippen LogP contribution >= 0.6 is 38.5 Å². The molecule has 1 N–H and O–H groups in total. The molecule has 0 saturated heterocycles. The van der Waals surface area contributed by atoms with Crippen molar-refractivity contribution in [2.75, 3.05) is 0 Å². The van der Waals surface area contributed by atoms with E-state index in [0.29, 0.717) is 0 Å². The molecule has 0 fully saturated rings. The zero-order chi connectivity index (χ0) is 11.1. The first-order valence-corrected chi connectivity index (χ1v) is 6.48. The second kappa shape index (κ2) is 3.89. The van der Waals surface area contributed by atoms with Gasteiger partial charge in [0.1, 0.15) is 5.65 Å². The highest BCUT2D eigenvalue weighted by Gasteiger charge is 2.12. The molecule has 3 heterocycles. The van der Waals surface area contributed by atoms with E-state index in [-0.39, 0.29) is 0 Å². The lowest BCUT2D eigenvalue weighted by molar-refractivity contribution is 0.568. The van der Waals surface area contributed by atoms with Crippen LogP contribution in [0.5, 0.6) is 0 Å². The highest BCUT2D eigenvalue weighted by Crippen LogP contribution is 2.31. The number of hydrogen-bond acceptors (Lipinski definition) is 2. The summed E-state index contributed by atoms with van der Waals surface area (Å²) in [4.78, 5) is 7.63. The van der Waals surface area contributed by atoms with E-state index in [1.165, 1.54) is 0 Å². The Hall–Kier alpha value is -0.820. The Morgan fingerprint density at radius 2 is 2.31 bits per heavy atom. The summed E-state index contributed by atoms with van der Waals surface area (Å²) in [7, 11) is 0. The molecule has 0 atom stereocenters. The molecule has 0 bridgehead atoms. The average molecular weight is 389 g/mol. The number of H-pyrrole nitrogens is 1. The maximum atomic E-state index is 5.09. The summed E-state index contributed by atoms with van der Waals surface area (Å²) in [6.07, 6.45) is 5.18. The number of pyridine rings is 1. The molecule has 0 saturated carbocycles. The fourth-order valence-electron chi connectivity index (χ4n) is 1.62.